The molecule has 2 rings (SSSR count). The molecule has 1 aromatic heterocycles. The number of nitrogens with one attached hydrogen (secondary N) is 1. The van der Waals surface area contributed by atoms with Gasteiger partial charge in [-0.2, -0.15) is 0 Å². The largest absolute Gasteiger partial charge is 0.310 e. The summed E-state index contributed by atoms with van der Waals surface area (Å²) >= 11 is 5.87. The Bertz CT molecular complexity index is 468. The molecule has 2 aromatic rings. The van der Waals surface area contributed by atoms with E-state index in [0.717, 1.165) is 18.0 Å². The van der Waals surface area contributed by atoms with Gasteiger partial charge < -0.3 is 5.32 Å². The van der Waals surface area contributed by atoms with Crippen LogP contribution in [-0.4, -0.2) is 11.0 Å². The third-order valence-electron chi connectivity index (χ3n) is 2.83. The van der Waals surface area contributed by atoms with Gasteiger partial charge in [0, 0.05) is 30.0 Å². The number of rotatable bonds is 5. The van der Waals surface area contributed by atoms with Crippen LogP contribution in [0.2, 0.25) is 5.02 Å². The van der Waals surface area contributed by atoms with Crippen molar-refractivity contribution in [2.45, 2.75) is 25.9 Å². The normalized spacial score (nSPS) is 12.3. The van der Waals surface area contributed by atoms with Crippen molar-refractivity contribution in [1.82, 2.24) is 10.3 Å². The Kier molecular flexibility index (Phi) is 4.73. The van der Waals surface area contributed by atoms with Gasteiger partial charge in [-0.05, 0) is 42.7 Å². The van der Waals surface area contributed by atoms with Gasteiger partial charge in [-0.25, -0.2) is 0 Å². The molecular formula is C15H17ClN2. The first kappa shape index (κ1) is 13.1. The van der Waals surface area contributed by atoms with Crippen molar-refractivity contribution >= 4 is 11.6 Å². The highest BCUT2D eigenvalue weighted by Gasteiger charge is 2.03. The summed E-state index contributed by atoms with van der Waals surface area (Å²) in [5, 5.41) is 4.28. The molecule has 0 aliphatic heterocycles. The maximum Gasteiger partial charge on any atom is 0.0406 e. The maximum atomic E-state index is 5.87. The second kappa shape index (κ2) is 6.53. The minimum Gasteiger partial charge on any atom is -0.310 e. The van der Waals surface area contributed by atoms with E-state index >= 15 is 0 Å². The topological polar surface area (TPSA) is 24.9 Å². The Morgan fingerprint density at radius 1 is 1.17 bits per heavy atom. The van der Waals surface area contributed by atoms with Crippen molar-refractivity contribution in [1.29, 1.82) is 0 Å². The Morgan fingerprint density at radius 3 is 2.61 bits per heavy atom. The molecule has 1 atom stereocenters. The van der Waals surface area contributed by atoms with Crippen LogP contribution in [0.1, 0.15) is 18.1 Å². The van der Waals surface area contributed by atoms with Crippen molar-refractivity contribution in [3.05, 3.63) is 64.9 Å². The average molecular weight is 261 g/mol. The van der Waals surface area contributed by atoms with E-state index in [1.807, 2.05) is 24.4 Å². The van der Waals surface area contributed by atoms with Crippen LogP contribution in [0.15, 0.2) is 48.8 Å². The third kappa shape index (κ3) is 4.13. The Labute approximate surface area is 113 Å². The molecule has 0 amide bonds. The Hall–Kier alpha value is -1.38. The fourth-order valence-electron chi connectivity index (χ4n) is 1.84. The van der Waals surface area contributed by atoms with Gasteiger partial charge in [0.15, 0.2) is 0 Å². The quantitative estimate of drug-likeness (QED) is 0.891. The molecule has 0 fully saturated rings. The molecule has 1 heterocycles. The second-order valence-corrected chi connectivity index (χ2v) is 4.91. The molecule has 1 aromatic carbocycles. The highest BCUT2D eigenvalue weighted by molar-refractivity contribution is 6.30. The first-order valence-corrected chi connectivity index (χ1v) is 6.48. The van der Waals surface area contributed by atoms with Gasteiger partial charge in [0.1, 0.15) is 0 Å². The summed E-state index contributed by atoms with van der Waals surface area (Å²) in [4.78, 5) is 4.10. The van der Waals surface area contributed by atoms with Crippen LogP contribution in [0.4, 0.5) is 0 Å². The lowest BCUT2D eigenvalue weighted by atomic mass is 10.1. The number of aromatic nitrogens is 1. The van der Waals surface area contributed by atoms with Crippen molar-refractivity contribution in [3.63, 3.8) is 0 Å². The molecule has 18 heavy (non-hydrogen) atoms. The molecule has 0 saturated heterocycles. The number of benzene rings is 1. The van der Waals surface area contributed by atoms with E-state index < -0.39 is 0 Å². The SMILES string of the molecule is CC(Cc1ccc(Cl)cc1)NCc1cccnc1. The lowest BCUT2D eigenvalue weighted by Gasteiger charge is -2.13. The molecule has 0 spiro atoms. The molecule has 2 nitrogen and oxygen atoms in total. The smallest absolute Gasteiger partial charge is 0.0406 e. The van der Waals surface area contributed by atoms with E-state index in [-0.39, 0.29) is 0 Å². The van der Waals surface area contributed by atoms with E-state index in [1.54, 1.807) is 6.20 Å². The van der Waals surface area contributed by atoms with Crippen LogP contribution in [0.25, 0.3) is 0 Å². The summed E-state index contributed by atoms with van der Waals surface area (Å²) < 4.78 is 0. The summed E-state index contributed by atoms with van der Waals surface area (Å²) in [6.45, 7) is 3.04. The zero-order valence-corrected chi connectivity index (χ0v) is 11.2. The van der Waals surface area contributed by atoms with Crippen LogP contribution in [-0.2, 0) is 13.0 Å². The van der Waals surface area contributed by atoms with Crippen LogP contribution < -0.4 is 5.32 Å². The molecule has 1 N–H and O–H groups in total. The van der Waals surface area contributed by atoms with E-state index in [0.29, 0.717) is 6.04 Å². The van der Waals surface area contributed by atoms with Crippen molar-refractivity contribution < 1.29 is 0 Å². The van der Waals surface area contributed by atoms with Gasteiger partial charge >= 0.3 is 0 Å². The van der Waals surface area contributed by atoms with Crippen LogP contribution in [0.3, 0.4) is 0 Å². The molecule has 0 bridgehead atoms. The van der Waals surface area contributed by atoms with Gasteiger partial charge in [0.2, 0.25) is 0 Å². The van der Waals surface area contributed by atoms with Gasteiger partial charge in [-0.1, -0.05) is 29.8 Å². The number of nitrogens with zero attached hydrogens (tertiary/aromatic N) is 1. The summed E-state index contributed by atoms with van der Waals surface area (Å²) in [6, 6.07) is 12.5. The fraction of sp³-hybridized carbons (Fsp3) is 0.267. The summed E-state index contributed by atoms with van der Waals surface area (Å²) in [5.41, 5.74) is 2.51. The van der Waals surface area contributed by atoms with E-state index in [2.05, 4.69) is 35.4 Å². The molecular weight excluding hydrogens is 244 g/mol. The van der Waals surface area contributed by atoms with Crippen LogP contribution in [0.5, 0.6) is 0 Å². The van der Waals surface area contributed by atoms with Crippen molar-refractivity contribution in [2.75, 3.05) is 0 Å². The zero-order chi connectivity index (χ0) is 12.8. The monoisotopic (exact) mass is 260 g/mol. The predicted molar refractivity (Wildman–Crippen MR) is 75.7 cm³/mol. The molecule has 94 valence electrons. The Morgan fingerprint density at radius 2 is 1.94 bits per heavy atom. The van der Waals surface area contributed by atoms with E-state index in [1.165, 1.54) is 11.1 Å². The highest BCUT2D eigenvalue weighted by atomic mass is 35.5. The first-order valence-electron chi connectivity index (χ1n) is 6.11. The third-order valence-corrected chi connectivity index (χ3v) is 3.08. The number of hydrogen-bond acceptors (Lipinski definition) is 2. The zero-order valence-electron chi connectivity index (χ0n) is 10.4. The standard InChI is InChI=1S/C15H17ClN2/c1-12(9-13-4-6-15(16)7-5-13)18-11-14-3-2-8-17-10-14/h2-8,10,12,18H,9,11H2,1H3. The number of hydrogen-bond donors (Lipinski definition) is 1. The number of pyridine rings is 1. The maximum absolute atomic E-state index is 5.87. The van der Waals surface area contributed by atoms with Crippen molar-refractivity contribution in [3.8, 4) is 0 Å². The second-order valence-electron chi connectivity index (χ2n) is 4.47. The number of halogens is 1. The van der Waals surface area contributed by atoms with E-state index in [9.17, 15) is 0 Å². The molecule has 1 unspecified atom stereocenters. The van der Waals surface area contributed by atoms with Gasteiger partial charge in [0.05, 0.1) is 0 Å². The average Bonchev–Trinajstić information content (AvgIpc) is 2.40. The van der Waals surface area contributed by atoms with Crippen molar-refractivity contribution in [2.24, 2.45) is 0 Å². The lowest BCUT2D eigenvalue weighted by Crippen LogP contribution is -2.27. The molecule has 0 aliphatic rings. The van der Waals surface area contributed by atoms with Gasteiger partial charge in [-0.15, -0.1) is 0 Å². The summed E-state index contributed by atoms with van der Waals surface area (Å²) in [5.74, 6) is 0. The first-order chi connectivity index (χ1) is 8.74. The predicted octanol–water partition coefficient (Wildman–Crippen LogP) is 3.46. The van der Waals surface area contributed by atoms with Gasteiger partial charge in [-0.3, -0.25) is 4.98 Å². The molecule has 0 radical (unpaired) electrons. The summed E-state index contributed by atoms with van der Waals surface area (Å²) in [7, 11) is 0. The minimum atomic E-state index is 0.423. The highest BCUT2D eigenvalue weighted by Crippen LogP contribution is 2.11. The fourth-order valence-corrected chi connectivity index (χ4v) is 1.97. The van der Waals surface area contributed by atoms with Gasteiger partial charge in [0.25, 0.3) is 0 Å². The van der Waals surface area contributed by atoms with E-state index in [4.69, 9.17) is 11.6 Å². The molecule has 3 heteroatoms. The molecule has 0 aliphatic carbocycles. The molecule has 0 saturated carbocycles. The van der Waals surface area contributed by atoms with Crippen LogP contribution in [0, 0.1) is 0 Å². The summed E-state index contributed by atoms with van der Waals surface area (Å²) in [6.07, 6.45) is 4.68. The minimum absolute atomic E-state index is 0.423. The Balaban J connectivity index is 1.82. The lowest BCUT2D eigenvalue weighted by molar-refractivity contribution is 0.545. The van der Waals surface area contributed by atoms with Crippen LogP contribution >= 0.6 is 11.6 Å².